The van der Waals surface area contributed by atoms with Gasteiger partial charge in [0.25, 0.3) is 0 Å². The van der Waals surface area contributed by atoms with E-state index in [-0.39, 0.29) is 5.56 Å². The predicted molar refractivity (Wildman–Crippen MR) is 105 cm³/mol. The Balaban J connectivity index is 1.62. The molecule has 0 saturated heterocycles. The molecule has 3 aromatic rings. The molecular weight excluding hydrogens is 340 g/mol. The first-order valence-electron chi connectivity index (χ1n) is 8.87. The van der Waals surface area contributed by atoms with E-state index in [9.17, 15) is 9.90 Å². The minimum Gasteiger partial charge on any atom is -0.478 e. The van der Waals surface area contributed by atoms with Crippen molar-refractivity contribution in [3.63, 3.8) is 0 Å². The molecular formula is C21H20N4O2. The summed E-state index contributed by atoms with van der Waals surface area (Å²) in [5, 5.41) is 12.5. The van der Waals surface area contributed by atoms with Crippen LogP contribution in [0.2, 0.25) is 0 Å². The molecule has 1 aromatic heterocycles. The predicted octanol–water partition coefficient (Wildman–Crippen LogP) is 3.79. The lowest BCUT2D eigenvalue weighted by atomic mass is 10.00. The van der Waals surface area contributed by atoms with Crippen LogP contribution in [0.25, 0.3) is 0 Å². The van der Waals surface area contributed by atoms with Gasteiger partial charge in [0, 0.05) is 19.2 Å². The monoisotopic (exact) mass is 360 g/mol. The Morgan fingerprint density at radius 1 is 1.07 bits per heavy atom. The third-order valence-corrected chi connectivity index (χ3v) is 4.70. The average molecular weight is 360 g/mol. The highest BCUT2D eigenvalue weighted by Gasteiger charge is 2.18. The molecule has 2 aromatic carbocycles. The fourth-order valence-electron chi connectivity index (χ4n) is 3.39. The highest BCUT2D eigenvalue weighted by molar-refractivity contribution is 5.95. The zero-order valence-corrected chi connectivity index (χ0v) is 15.0. The van der Waals surface area contributed by atoms with Gasteiger partial charge in [-0.15, -0.1) is 0 Å². The van der Waals surface area contributed by atoms with Crippen molar-refractivity contribution in [1.29, 1.82) is 0 Å². The summed E-state index contributed by atoms with van der Waals surface area (Å²) in [7, 11) is 0. The molecule has 2 heterocycles. The van der Waals surface area contributed by atoms with Gasteiger partial charge >= 0.3 is 5.97 Å². The van der Waals surface area contributed by atoms with Gasteiger partial charge in [0.05, 0.1) is 11.3 Å². The van der Waals surface area contributed by atoms with Crippen molar-refractivity contribution in [2.24, 2.45) is 0 Å². The average Bonchev–Trinajstić information content (AvgIpc) is 2.67. The number of benzene rings is 2. The molecule has 0 saturated carbocycles. The van der Waals surface area contributed by atoms with Gasteiger partial charge in [-0.25, -0.2) is 14.8 Å². The number of hydrogen-bond donors (Lipinski definition) is 2. The van der Waals surface area contributed by atoms with Crippen LogP contribution in [0.5, 0.6) is 0 Å². The molecule has 0 unspecified atom stereocenters. The molecule has 136 valence electrons. The first kappa shape index (κ1) is 17.0. The van der Waals surface area contributed by atoms with Crippen LogP contribution in [0.1, 0.15) is 27.3 Å². The van der Waals surface area contributed by atoms with Crippen molar-refractivity contribution in [2.45, 2.75) is 19.9 Å². The molecule has 0 spiro atoms. The number of nitrogens with one attached hydrogen (secondary N) is 1. The molecule has 0 radical (unpaired) electrons. The summed E-state index contributed by atoms with van der Waals surface area (Å²) in [5.74, 6) is 1.09. The number of carboxylic acid groups (broad SMARTS) is 1. The summed E-state index contributed by atoms with van der Waals surface area (Å²) < 4.78 is 0. The van der Waals surface area contributed by atoms with Crippen LogP contribution in [0.3, 0.4) is 0 Å². The fourth-order valence-corrected chi connectivity index (χ4v) is 3.39. The Morgan fingerprint density at radius 3 is 2.63 bits per heavy atom. The summed E-state index contributed by atoms with van der Waals surface area (Å²) in [5.41, 5.74) is 3.42. The van der Waals surface area contributed by atoms with Crippen LogP contribution in [-0.2, 0) is 13.0 Å². The van der Waals surface area contributed by atoms with Crippen LogP contribution in [0.4, 0.5) is 17.3 Å². The Hall–Kier alpha value is -3.41. The zero-order chi connectivity index (χ0) is 18.8. The van der Waals surface area contributed by atoms with E-state index in [1.807, 2.05) is 13.0 Å². The van der Waals surface area contributed by atoms with Gasteiger partial charge in [-0.2, -0.15) is 0 Å². The van der Waals surface area contributed by atoms with E-state index >= 15 is 0 Å². The van der Waals surface area contributed by atoms with Gasteiger partial charge < -0.3 is 15.3 Å². The number of hydrogen-bond acceptors (Lipinski definition) is 5. The number of carboxylic acids is 1. The van der Waals surface area contributed by atoms with Crippen LogP contribution in [0.15, 0.2) is 54.6 Å². The van der Waals surface area contributed by atoms with Gasteiger partial charge in [-0.1, -0.05) is 36.4 Å². The van der Waals surface area contributed by atoms with E-state index in [0.717, 1.165) is 25.3 Å². The number of aromatic nitrogens is 2. The van der Waals surface area contributed by atoms with Crippen molar-refractivity contribution >= 4 is 23.3 Å². The lowest BCUT2D eigenvalue weighted by molar-refractivity contribution is 0.0698. The quantitative estimate of drug-likeness (QED) is 0.737. The number of rotatable bonds is 4. The fraction of sp³-hybridized carbons (Fsp3) is 0.190. The van der Waals surface area contributed by atoms with Gasteiger partial charge in [-0.05, 0) is 36.6 Å². The summed E-state index contributed by atoms with van der Waals surface area (Å²) in [6, 6.07) is 17.1. The Bertz CT molecular complexity index is 1000. The molecule has 1 aliphatic heterocycles. The van der Waals surface area contributed by atoms with E-state index in [1.165, 1.54) is 11.1 Å². The number of anilines is 3. The molecule has 0 aliphatic carbocycles. The standard InChI is InChI=1S/C21H20N4O2/c1-14-22-19(24-18-9-5-4-8-17(18)21(26)27)12-20(23-14)25-11-10-15-6-2-3-7-16(15)13-25/h2-9,12H,10-11,13H2,1H3,(H,26,27)(H,22,23,24). The molecule has 6 heteroatoms. The molecule has 0 fully saturated rings. The van der Waals surface area contributed by atoms with Crippen LogP contribution in [-0.4, -0.2) is 27.6 Å². The number of aryl methyl sites for hydroxylation is 1. The molecule has 0 bridgehead atoms. The van der Waals surface area contributed by atoms with E-state index in [0.29, 0.717) is 17.3 Å². The SMILES string of the molecule is Cc1nc(Nc2ccccc2C(=O)O)cc(N2CCc3ccccc3C2)n1. The summed E-state index contributed by atoms with van der Waals surface area (Å²) in [4.78, 5) is 22.7. The zero-order valence-electron chi connectivity index (χ0n) is 15.0. The third-order valence-electron chi connectivity index (χ3n) is 4.70. The van der Waals surface area contributed by atoms with Gasteiger partial charge in [-0.3, -0.25) is 0 Å². The number of para-hydroxylation sites is 1. The van der Waals surface area contributed by atoms with Crippen molar-refractivity contribution in [1.82, 2.24) is 9.97 Å². The maximum atomic E-state index is 11.4. The van der Waals surface area contributed by atoms with Gasteiger partial charge in [0.2, 0.25) is 0 Å². The topological polar surface area (TPSA) is 78.3 Å². The lowest BCUT2D eigenvalue weighted by Crippen LogP contribution is -2.31. The highest BCUT2D eigenvalue weighted by Crippen LogP contribution is 2.26. The molecule has 27 heavy (non-hydrogen) atoms. The van der Waals surface area contributed by atoms with Crippen molar-refractivity contribution in [3.05, 3.63) is 77.1 Å². The summed E-state index contributed by atoms with van der Waals surface area (Å²) in [6.45, 7) is 3.53. The Labute approximate surface area is 157 Å². The van der Waals surface area contributed by atoms with Crippen LogP contribution < -0.4 is 10.2 Å². The van der Waals surface area contributed by atoms with Crippen molar-refractivity contribution in [2.75, 3.05) is 16.8 Å². The Kier molecular flexibility index (Phi) is 4.46. The number of carbonyl (C=O) groups is 1. The number of nitrogens with zero attached hydrogens (tertiary/aromatic N) is 3. The van der Waals surface area contributed by atoms with Crippen molar-refractivity contribution < 1.29 is 9.90 Å². The molecule has 0 amide bonds. The number of aromatic carboxylic acids is 1. The summed E-state index contributed by atoms with van der Waals surface area (Å²) in [6.07, 6.45) is 0.976. The van der Waals surface area contributed by atoms with Crippen molar-refractivity contribution in [3.8, 4) is 0 Å². The van der Waals surface area contributed by atoms with E-state index < -0.39 is 5.97 Å². The largest absolute Gasteiger partial charge is 0.478 e. The smallest absolute Gasteiger partial charge is 0.337 e. The second kappa shape index (κ2) is 7.07. The van der Waals surface area contributed by atoms with Crippen LogP contribution >= 0.6 is 0 Å². The molecule has 6 nitrogen and oxygen atoms in total. The highest BCUT2D eigenvalue weighted by atomic mass is 16.4. The lowest BCUT2D eigenvalue weighted by Gasteiger charge is -2.30. The van der Waals surface area contributed by atoms with E-state index in [4.69, 9.17) is 0 Å². The minimum atomic E-state index is -0.975. The molecule has 1 aliphatic rings. The first-order chi connectivity index (χ1) is 13.1. The minimum absolute atomic E-state index is 0.210. The van der Waals surface area contributed by atoms with Gasteiger partial charge in [0.1, 0.15) is 17.5 Å². The summed E-state index contributed by atoms with van der Waals surface area (Å²) >= 11 is 0. The molecule has 0 atom stereocenters. The van der Waals surface area contributed by atoms with Gasteiger partial charge in [0.15, 0.2) is 0 Å². The van der Waals surface area contributed by atoms with Crippen LogP contribution in [0, 0.1) is 6.92 Å². The second-order valence-electron chi connectivity index (χ2n) is 6.57. The normalized spacial score (nSPS) is 13.1. The third kappa shape index (κ3) is 3.60. The first-order valence-corrected chi connectivity index (χ1v) is 8.87. The van der Waals surface area contributed by atoms with E-state index in [1.54, 1.807) is 24.3 Å². The molecule has 4 rings (SSSR count). The molecule has 2 N–H and O–H groups in total. The maximum Gasteiger partial charge on any atom is 0.337 e. The Morgan fingerprint density at radius 2 is 1.81 bits per heavy atom. The number of fused-ring (bicyclic) bond motifs is 1. The second-order valence-corrected chi connectivity index (χ2v) is 6.57. The van der Waals surface area contributed by atoms with E-state index in [2.05, 4.69) is 44.5 Å². The maximum absolute atomic E-state index is 11.4.